The van der Waals surface area contributed by atoms with Crippen molar-refractivity contribution in [2.24, 2.45) is 0 Å². The van der Waals surface area contributed by atoms with Gasteiger partial charge < -0.3 is 9.64 Å². The van der Waals surface area contributed by atoms with Crippen LogP contribution in [0.2, 0.25) is 5.02 Å². The highest BCUT2D eigenvalue weighted by atomic mass is 35.5. The number of aromatic nitrogens is 1. The maximum atomic E-state index is 13.2. The van der Waals surface area contributed by atoms with Gasteiger partial charge in [0.05, 0.1) is 10.7 Å². The van der Waals surface area contributed by atoms with Crippen molar-refractivity contribution in [3.8, 4) is 5.75 Å². The number of carbonyl (C=O) groups is 1. The molecule has 3 aromatic rings. The smallest absolute Gasteiger partial charge is 0.254 e. The van der Waals surface area contributed by atoms with Crippen LogP contribution in [0.4, 0.5) is 4.39 Å². The van der Waals surface area contributed by atoms with Gasteiger partial charge in [0.15, 0.2) is 0 Å². The van der Waals surface area contributed by atoms with Crippen LogP contribution in [0.3, 0.4) is 0 Å². The molecule has 4 rings (SSSR count). The van der Waals surface area contributed by atoms with Crippen LogP contribution in [-0.2, 0) is 13.2 Å². The molecule has 1 aromatic heterocycles. The van der Waals surface area contributed by atoms with E-state index in [1.807, 2.05) is 35.4 Å². The monoisotopic (exact) mass is 459 g/mol. The van der Waals surface area contributed by atoms with Gasteiger partial charge in [0.25, 0.3) is 5.91 Å². The summed E-state index contributed by atoms with van der Waals surface area (Å²) in [5, 5.41) is 3.41. The summed E-state index contributed by atoms with van der Waals surface area (Å²) in [7, 11) is 0. The lowest BCUT2D eigenvalue weighted by Gasteiger charge is -2.35. The predicted molar refractivity (Wildman–Crippen MR) is 120 cm³/mol. The molecule has 1 aliphatic heterocycles. The highest BCUT2D eigenvalue weighted by Gasteiger charge is 2.23. The van der Waals surface area contributed by atoms with Crippen LogP contribution in [0.5, 0.6) is 5.75 Å². The molecule has 5 nitrogen and oxygen atoms in total. The maximum Gasteiger partial charge on any atom is 0.254 e. The summed E-state index contributed by atoms with van der Waals surface area (Å²) in [6, 6.07) is 11.8. The molecule has 0 spiro atoms. The van der Waals surface area contributed by atoms with E-state index in [0.717, 1.165) is 29.4 Å². The average molecular weight is 460 g/mol. The van der Waals surface area contributed by atoms with Gasteiger partial charge in [-0.25, -0.2) is 9.37 Å². The van der Waals surface area contributed by atoms with Crippen molar-refractivity contribution in [3.05, 3.63) is 80.5 Å². The van der Waals surface area contributed by atoms with Gasteiger partial charge in [0.1, 0.15) is 18.2 Å². The molecule has 0 unspecified atom stereocenters. The number of aryl methyl sites for hydroxylation is 1. The first-order chi connectivity index (χ1) is 15.0. The van der Waals surface area contributed by atoms with E-state index < -0.39 is 0 Å². The Morgan fingerprint density at radius 2 is 2.00 bits per heavy atom. The van der Waals surface area contributed by atoms with Crippen molar-refractivity contribution in [2.45, 2.75) is 20.1 Å². The first kappa shape index (κ1) is 21.7. The van der Waals surface area contributed by atoms with E-state index in [0.29, 0.717) is 42.6 Å². The number of nitrogens with zero attached hydrogens (tertiary/aromatic N) is 3. The minimum absolute atomic E-state index is 0.00517. The number of carbonyl (C=O) groups excluding carboxylic acids is 1. The number of benzene rings is 2. The Morgan fingerprint density at radius 3 is 2.71 bits per heavy atom. The Balaban J connectivity index is 1.32. The van der Waals surface area contributed by atoms with Crippen LogP contribution in [0.1, 0.15) is 26.6 Å². The van der Waals surface area contributed by atoms with Crippen LogP contribution in [0.25, 0.3) is 0 Å². The number of ether oxygens (including phenoxy) is 1. The van der Waals surface area contributed by atoms with Gasteiger partial charge >= 0.3 is 0 Å². The lowest BCUT2D eigenvalue weighted by molar-refractivity contribution is 0.0628. The molecule has 1 fully saturated rings. The number of piperazine rings is 1. The van der Waals surface area contributed by atoms with Gasteiger partial charge in [-0.3, -0.25) is 9.69 Å². The Hall–Kier alpha value is -2.48. The summed E-state index contributed by atoms with van der Waals surface area (Å²) in [6.07, 6.45) is 0. The zero-order valence-corrected chi connectivity index (χ0v) is 18.8. The molecule has 162 valence electrons. The normalized spacial score (nSPS) is 14.6. The van der Waals surface area contributed by atoms with E-state index in [1.165, 1.54) is 12.1 Å². The third-order valence-electron chi connectivity index (χ3n) is 5.20. The second kappa shape index (κ2) is 9.77. The quantitative estimate of drug-likeness (QED) is 0.532. The maximum absolute atomic E-state index is 13.2. The summed E-state index contributed by atoms with van der Waals surface area (Å²) in [4.78, 5) is 21.4. The summed E-state index contributed by atoms with van der Waals surface area (Å²) >= 11 is 7.73. The summed E-state index contributed by atoms with van der Waals surface area (Å²) in [6.45, 7) is 5.70. The molecule has 2 aromatic carbocycles. The minimum atomic E-state index is -0.336. The first-order valence-electron chi connectivity index (χ1n) is 10.1. The van der Waals surface area contributed by atoms with Crippen molar-refractivity contribution in [2.75, 3.05) is 26.2 Å². The first-order valence-corrected chi connectivity index (χ1v) is 11.3. The predicted octanol–water partition coefficient (Wildman–Crippen LogP) is 4.78. The van der Waals surface area contributed by atoms with Crippen molar-refractivity contribution in [3.63, 3.8) is 0 Å². The number of hydrogen-bond donors (Lipinski definition) is 0. The Labute approximate surface area is 190 Å². The molecule has 0 radical (unpaired) electrons. The number of hydrogen-bond acceptors (Lipinski definition) is 5. The Kier molecular flexibility index (Phi) is 6.85. The van der Waals surface area contributed by atoms with Crippen molar-refractivity contribution < 1.29 is 13.9 Å². The third-order valence-corrected chi connectivity index (χ3v) is 6.38. The highest BCUT2D eigenvalue weighted by Crippen LogP contribution is 2.21. The number of rotatable bonds is 6. The summed E-state index contributed by atoms with van der Waals surface area (Å²) < 4.78 is 19.1. The van der Waals surface area contributed by atoms with Crippen molar-refractivity contribution in [1.29, 1.82) is 0 Å². The molecule has 0 N–H and O–H groups in total. The summed E-state index contributed by atoms with van der Waals surface area (Å²) in [5.41, 5.74) is 2.39. The minimum Gasteiger partial charge on any atom is -0.487 e. The van der Waals surface area contributed by atoms with Crippen molar-refractivity contribution in [1.82, 2.24) is 14.8 Å². The van der Waals surface area contributed by atoms with E-state index in [-0.39, 0.29) is 11.7 Å². The molecule has 1 amide bonds. The highest BCUT2D eigenvalue weighted by molar-refractivity contribution is 7.09. The number of amides is 1. The van der Waals surface area contributed by atoms with Gasteiger partial charge in [-0.1, -0.05) is 23.7 Å². The molecule has 31 heavy (non-hydrogen) atoms. The third kappa shape index (κ3) is 5.61. The van der Waals surface area contributed by atoms with Crippen LogP contribution in [0, 0.1) is 12.7 Å². The molecule has 1 saturated heterocycles. The van der Waals surface area contributed by atoms with Crippen LogP contribution < -0.4 is 4.74 Å². The molecule has 1 aliphatic rings. The van der Waals surface area contributed by atoms with Crippen LogP contribution in [0.15, 0.2) is 47.8 Å². The van der Waals surface area contributed by atoms with Gasteiger partial charge in [0.2, 0.25) is 0 Å². The van der Waals surface area contributed by atoms with Gasteiger partial charge in [-0.2, -0.15) is 0 Å². The van der Waals surface area contributed by atoms with Gasteiger partial charge in [-0.05, 0) is 42.8 Å². The topological polar surface area (TPSA) is 45.7 Å². The zero-order valence-electron chi connectivity index (χ0n) is 17.2. The van der Waals surface area contributed by atoms with E-state index in [2.05, 4.69) is 9.88 Å². The fraction of sp³-hybridized carbons (Fsp3) is 0.304. The fourth-order valence-electron chi connectivity index (χ4n) is 3.53. The number of halogens is 2. The molecule has 0 aliphatic carbocycles. The largest absolute Gasteiger partial charge is 0.487 e. The molecular formula is C23H23ClFN3O2S. The fourth-order valence-corrected chi connectivity index (χ4v) is 4.36. The lowest BCUT2D eigenvalue weighted by atomic mass is 10.1. The second-order valence-electron chi connectivity index (χ2n) is 7.48. The molecule has 2 heterocycles. The molecule has 0 atom stereocenters. The zero-order chi connectivity index (χ0) is 21.8. The van der Waals surface area contributed by atoms with E-state index in [4.69, 9.17) is 16.3 Å². The van der Waals surface area contributed by atoms with Crippen molar-refractivity contribution >= 4 is 28.8 Å². The van der Waals surface area contributed by atoms with Gasteiger partial charge in [-0.15, -0.1) is 11.3 Å². The Morgan fingerprint density at radius 1 is 1.19 bits per heavy atom. The summed E-state index contributed by atoms with van der Waals surface area (Å²) in [5.74, 6) is 0.313. The molecule has 0 bridgehead atoms. The van der Waals surface area contributed by atoms with E-state index in [9.17, 15) is 9.18 Å². The molecule has 8 heteroatoms. The van der Waals surface area contributed by atoms with E-state index >= 15 is 0 Å². The molecule has 0 saturated carbocycles. The number of thiazole rings is 1. The van der Waals surface area contributed by atoms with Gasteiger partial charge in [0, 0.05) is 48.7 Å². The SMILES string of the molecule is Cc1nc(COc2cccc(C(=O)N3CCN(Cc4ccc(F)cc4Cl)CC3)c2)cs1. The second-order valence-corrected chi connectivity index (χ2v) is 8.95. The average Bonchev–Trinajstić information content (AvgIpc) is 3.20. The van der Waals surface area contributed by atoms with Crippen LogP contribution >= 0.6 is 22.9 Å². The standard InChI is InChI=1S/C23H23ClFN3O2S/c1-16-26-20(15-31-16)14-30-21-4-2-3-17(11-21)23(29)28-9-7-27(8-10-28)13-18-5-6-19(25)12-22(18)24/h2-6,11-12,15H,7-10,13-14H2,1H3. The Bertz CT molecular complexity index is 1070. The van der Waals surface area contributed by atoms with E-state index in [1.54, 1.807) is 23.5 Å². The lowest BCUT2D eigenvalue weighted by Crippen LogP contribution is -2.48. The van der Waals surface area contributed by atoms with Crippen LogP contribution in [-0.4, -0.2) is 46.9 Å². The molecular weight excluding hydrogens is 437 g/mol.